The number of alkyl halides is 3. The summed E-state index contributed by atoms with van der Waals surface area (Å²) < 4.78 is 38.0. The Balaban J connectivity index is 1.51. The summed E-state index contributed by atoms with van der Waals surface area (Å²) in [5.74, 6) is 1.35. The fraction of sp³-hybridized carbons (Fsp3) is 0.667. The number of nitrogens with one attached hydrogen (secondary N) is 2. The first-order valence-electron chi connectivity index (χ1n) is 9.24. The van der Waals surface area contributed by atoms with Crippen molar-refractivity contribution in [1.82, 2.24) is 10.2 Å². The van der Waals surface area contributed by atoms with Gasteiger partial charge in [-0.3, -0.25) is 4.90 Å². The Morgan fingerprint density at radius 2 is 1.85 bits per heavy atom. The number of aromatic amines is 1. The average molecular weight is 387 g/mol. The summed E-state index contributed by atoms with van der Waals surface area (Å²) >= 11 is 5.58. The SMILES string of the molecule is C[C@H]1CCCC[C@H]1NC(=S)N1CCN(c2ccc(C(F)(F)F)c[nH+]2)CC1. The number of H-pyrrole nitrogens is 1. The molecule has 0 unspecified atom stereocenters. The van der Waals surface area contributed by atoms with Gasteiger partial charge < -0.3 is 10.2 Å². The van der Waals surface area contributed by atoms with Gasteiger partial charge in [-0.15, -0.1) is 0 Å². The minimum absolute atomic E-state index is 0.456. The van der Waals surface area contributed by atoms with Gasteiger partial charge in [0.1, 0.15) is 19.3 Å². The van der Waals surface area contributed by atoms with Crippen molar-refractivity contribution in [3.05, 3.63) is 23.9 Å². The maximum atomic E-state index is 12.7. The second-order valence-electron chi connectivity index (χ2n) is 7.25. The van der Waals surface area contributed by atoms with Crippen LogP contribution in [-0.4, -0.2) is 42.2 Å². The number of rotatable bonds is 2. The van der Waals surface area contributed by atoms with E-state index >= 15 is 0 Å². The molecule has 2 fully saturated rings. The third-order valence-corrected chi connectivity index (χ3v) is 5.83. The van der Waals surface area contributed by atoms with Gasteiger partial charge in [-0.2, -0.15) is 13.2 Å². The number of piperazine rings is 1. The standard InChI is InChI=1S/C18H25F3N4S/c1-13-4-2-3-5-15(13)23-17(26)25-10-8-24(9-11-25)16-7-6-14(12-22-16)18(19,20)21/h6-7,12-13,15H,2-5,8-11H2,1H3,(H,23,26)/p+1/t13-,15+/m0/s1. The predicted octanol–water partition coefficient (Wildman–Crippen LogP) is 3.09. The fourth-order valence-electron chi connectivity index (χ4n) is 3.72. The summed E-state index contributed by atoms with van der Waals surface area (Å²) in [4.78, 5) is 6.99. The van der Waals surface area contributed by atoms with E-state index in [4.69, 9.17) is 12.2 Å². The van der Waals surface area contributed by atoms with E-state index in [9.17, 15) is 13.2 Å². The molecule has 0 amide bonds. The lowest BCUT2D eigenvalue weighted by molar-refractivity contribution is -0.367. The smallest absolute Gasteiger partial charge is 0.360 e. The molecule has 4 nitrogen and oxygen atoms in total. The average Bonchev–Trinajstić information content (AvgIpc) is 2.63. The molecule has 1 aliphatic carbocycles. The van der Waals surface area contributed by atoms with E-state index in [2.05, 4.69) is 27.0 Å². The van der Waals surface area contributed by atoms with Crippen LogP contribution < -0.4 is 15.2 Å². The maximum absolute atomic E-state index is 12.7. The molecule has 0 aromatic carbocycles. The minimum Gasteiger partial charge on any atom is -0.360 e. The van der Waals surface area contributed by atoms with Crippen molar-refractivity contribution < 1.29 is 18.2 Å². The number of thiocarbonyl (C=S) groups is 1. The highest BCUT2D eigenvalue weighted by Crippen LogP contribution is 2.28. The summed E-state index contributed by atoms with van der Waals surface area (Å²) in [6.45, 7) is 5.26. The minimum atomic E-state index is -4.32. The molecule has 1 saturated heterocycles. The molecule has 144 valence electrons. The monoisotopic (exact) mass is 387 g/mol. The van der Waals surface area contributed by atoms with E-state index < -0.39 is 11.7 Å². The Kier molecular flexibility index (Phi) is 5.89. The summed E-state index contributed by atoms with van der Waals surface area (Å²) in [7, 11) is 0. The van der Waals surface area contributed by atoms with Crippen molar-refractivity contribution >= 4 is 23.1 Å². The lowest BCUT2D eigenvalue weighted by Gasteiger charge is -2.36. The molecule has 1 aromatic rings. The number of halogens is 3. The molecule has 0 bridgehead atoms. The van der Waals surface area contributed by atoms with Gasteiger partial charge in [-0.1, -0.05) is 19.8 Å². The number of pyridine rings is 1. The first-order valence-corrected chi connectivity index (χ1v) is 9.65. The predicted molar refractivity (Wildman–Crippen MR) is 98.9 cm³/mol. The molecule has 1 saturated carbocycles. The number of hydrogen-bond donors (Lipinski definition) is 1. The van der Waals surface area contributed by atoms with E-state index in [0.717, 1.165) is 43.6 Å². The van der Waals surface area contributed by atoms with Gasteiger partial charge in [0.15, 0.2) is 5.11 Å². The maximum Gasteiger partial charge on any atom is 0.419 e. The van der Waals surface area contributed by atoms with Crippen LogP contribution >= 0.6 is 12.2 Å². The Bertz CT molecular complexity index is 612. The van der Waals surface area contributed by atoms with Crippen LogP contribution in [0.5, 0.6) is 0 Å². The van der Waals surface area contributed by atoms with Crippen molar-refractivity contribution in [3.63, 3.8) is 0 Å². The van der Waals surface area contributed by atoms with Gasteiger partial charge >= 0.3 is 6.18 Å². The summed E-state index contributed by atoms with van der Waals surface area (Å²) in [6, 6.07) is 3.07. The highest BCUT2D eigenvalue weighted by atomic mass is 32.1. The zero-order valence-electron chi connectivity index (χ0n) is 15.0. The third-order valence-electron chi connectivity index (χ3n) is 5.45. The number of nitrogens with zero attached hydrogens (tertiary/aromatic N) is 2. The van der Waals surface area contributed by atoms with E-state index in [1.807, 2.05) is 0 Å². The molecule has 26 heavy (non-hydrogen) atoms. The van der Waals surface area contributed by atoms with Crippen LogP contribution in [-0.2, 0) is 6.18 Å². The number of aromatic nitrogens is 1. The van der Waals surface area contributed by atoms with Gasteiger partial charge in [-0.05, 0) is 37.0 Å². The van der Waals surface area contributed by atoms with Crippen LogP contribution in [0.2, 0.25) is 0 Å². The van der Waals surface area contributed by atoms with Crippen LogP contribution in [0.25, 0.3) is 0 Å². The van der Waals surface area contributed by atoms with Gasteiger partial charge in [-0.25, -0.2) is 4.98 Å². The first kappa shape index (κ1) is 19.2. The van der Waals surface area contributed by atoms with Crippen LogP contribution in [0.4, 0.5) is 19.0 Å². The highest BCUT2D eigenvalue weighted by molar-refractivity contribution is 7.80. The molecule has 0 spiro atoms. The van der Waals surface area contributed by atoms with Crippen molar-refractivity contribution in [3.8, 4) is 0 Å². The highest BCUT2D eigenvalue weighted by Gasteiger charge is 2.33. The van der Waals surface area contributed by atoms with Gasteiger partial charge in [0, 0.05) is 12.1 Å². The first-order chi connectivity index (χ1) is 12.3. The molecule has 0 radical (unpaired) electrons. The Labute approximate surface area is 157 Å². The zero-order valence-corrected chi connectivity index (χ0v) is 15.8. The summed E-state index contributed by atoms with van der Waals surface area (Å²) in [6.07, 6.45) is 1.68. The van der Waals surface area contributed by atoms with E-state index in [1.54, 1.807) is 0 Å². The molecule has 2 atom stereocenters. The van der Waals surface area contributed by atoms with Crippen LogP contribution in [0.15, 0.2) is 18.3 Å². The zero-order chi connectivity index (χ0) is 18.7. The quantitative estimate of drug-likeness (QED) is 0.791. The third kappa shape index (κ3) is 4.58. The molecular formula is C18H26F3N4S+. The molecule has 3 rings (SSSR count). The van der Waals surface area contributed by atoms with Crippen LogP contribution in [0.3, 0.4) is 0 Å². The second kappa shape index (κ2) is 7.98. The molecule has 2 N–H and O–H groups in total. The molecule has 1 aliphatic heterocycles. The molecule has 2 aliphatic rings. The summed E-state index contributed by atoms with van der Waals surface area (Å²) in [5, 5.41) is 4.33. The van der Waals surface area contributed by atoms with E-state index in [1.165, 1.54) is 31.7 Å². The van der Waals surface area contributed by atoms with E-state index in [0.29, 0.717) is 17.8 Å². The Hall–Kier alpha value is -1.57. The van der Waals surface area contributed by atoms with Gasteiger partial charge in [0.2, 0.25) is 0 Å². The van der Waals surface area contributed by atoms with E-state index in [-0.39, 0.29) is 0 Å². The van der Waals surface area contributed by atoms with Crippen molar-refractivity contribution in [2.75, 3.05) is 31.1 Å². The fourth-order valence-corrected chi connectivity index (χ4v) is 4.05. The lowest BCUT2D eigenvalue weighted by Crippen LogP contribution is -2.55. The molecule has 8 heteroatoms. The Morgan fingerprint density at radius 1 is 1.15 bits per heavy atom. The van der Waals surface area contributed by atoms with Gasteiger partial charge in [0.25, 0.3) is 5.82 Å². The summed E-state index contributed by atoms with van der Waals surface area (Å²) in [5.41, 5.74) is -0.660. The second-order valence-corrected chi connectivity index (χ2v) is 7.64. The molecule has 1 aromatic heterocycles. The van der Waals surface area contributed by atoms with Crippen molar-refractivity contribution in [1.29, 1.82) is 0 Å². The van der Waals surface area contributed by atoms with Crippen molar-refractivity contribution in [2.24, 2.45) is 5.92 Å². The number of hydrogen-bond acceptors (Lipinski definition) is 2. The van der Waals surface area contributed by atoms with Crippen LogP contribution in [0, 0.1) is 5.92 Å². The topological polar surface area (TPSA) is 32.6 Å². The lowest BCUT2D eigenvalue weighted by atomic mass is 9.86. The van der Waals surface area contributed by atoms with Gasteiger partial charge in [0.05, 0.1) is 18.7 Å². The normalized spacial score (nSPS) is 24.5. The molecule has 2 heterocycles. The largest absolute Gasteiger partial charge is 0.419 e. The Morgan fingerprint density at radius 3 is 2.42 bits per heavy atom. The molecular weight excluding hydrogens is 361 g/mol. The van der Waals surface area contributed by atoms with Crippen LogP contribution in [0.1, 0.15) is 38.2 Å². The van der Waals surface area contributed by atoms with Crippen molar-refractivity contribution in [2.45, 2.75) is 44.8 Å². The number of anilines is 1.